The number of amides is 1. The van der Waals surface area contributed by atoms with Gasteiger partial charge in [-0.15, -0.1) is 0 Å². The van der Waals surface area contributed by atoms with Crippen molar-refractivity contribution in [2.45, 2.75) is 38.8 Å². The molecule has 1 atom stereocenters. The van der Waals surface area contributed by atoms with Crippen LogP contribution in [0.5, 0.6) is 0 Å². The molecule has 0 aromatic carbocycles. The van der Waals surface area contributed by atoms with E-state index in [-0.39, 0.29) is 17.9 Å². The lowest BCUT2D eigenvalue weighted by atomic mass is 9.91. The van der Waals surface area contributed by atoms with Gasteiger partial charge in [0.15, 0.2) is 6.10 Å². The van der Waals surface area contributed by atoms with Crippen LogP contribution in [0.1, 0.15) is 26.7 Å². The van der Waals surface area contributed by atoms with E-state index in [9.17, 15) is 9.90 Å². The topological polar surface area (TPSA) is 52.2 Å². The average molecular weight is 213 g/mol. The van der Waals surface area contributed by atoms with E-state index in [0.29, 0.717) is 0 Å². The number of piperidine rings is 1. The maximum atomic E-state index is 11.8. The molecule has 0 aliphatic carbocycles. The summed E-state index contributed by atoms with van der Waals surface area (Å²) in [6.45, 7) is 5.61. The van der Waals surface area contributed by atoms with E-state index < -0.39 is 6.10 Å². The highest BCUT2D eigenvalue weighted by atomic mass is 16.3. The van der Waals surface area contributed by atoms with Crippen LogP contribution < -0.4 is 5.32 Å². The zero-order chi connectivity index (χ0) is 11.4. The van der Waals surface area contributed by atoms with E-state index in [2.05, 4.69) is 10.2 Å². The molecule has 0 saturated carbocycles. The number of carbonyl (C=O) groups excluding carboxylic acids is 1. The van der Waals surface area contributed by atoms with Gasteiger partial charge >= 0.3 is 0 Å². The predicted octanol–water partition coefficient (Wildman–Crippen LogP) is 0.652. The fourth-order valence-electron chi connectivity index (χ4n) is 1.91. The number of carbonyl (C=O) groups is 1. The molecule has 1 aliphatic rings. The van der Waals surface area contributed by atoms with Crippen molar-refractivity contribution in [1.82, 2.24) is 10.2 Å². The summed E-state index contributed by atoms with van der Waals surface area (Å²) in [5.41, 5.74) is 0. The molecule has 1 N–H and O–H groups in total. The average Bonchev–Trinajstić information content (AvgIpc) is 2.17. The third kappa shape index (κ3) is 3.80. The summed E-state index contributed by atoms with van der Waals surface area (Å²) >= 11 is 0. The number of nitrogens with one attached hydrogen (secondary N) is 1. The summed E-state index contributed by atoms with van der Waals surface area (Å²) in [4.78, 5) is 13.7. The van der Waals surface area contributed by atoms with Crippen molar-refractivity contribution in [3.8, 4) is 0 Å². The summed E-state index contributed by atoms with van der Waals surface area (Å²) in [6.07, 6.45) is 0.605. The molecule has 1 saturated heterocycles. The van der Waals surface area contributed by atoms with Gasteiger partial charge in [-0.05, 0) is 52.7 Å². The molecule has 15 heavy (non-hydrogen) atoms. The van der Waals surface area contributed by atoms with Gasteiger partial charge in [0.1, 0.15) is 0 Å². The molecule has 1 aliphatic heterocycles. The van der Waals surface area contributed by atoms with Gasteiger partial charge in [-0.1, -0.05) is 0 Å². The Morgan fingerprint density at radius 3 is 2.33 bits per heavy atom. The summed E-state index contributed by atoms with van der Waals surface area (Å²) < 4.78 is 0. The van der Waals surface area contributed by atoms with Gasteiger partial charge in [0.05, 0.1) is 0 Å². The van der Waals surface area contributed by atoms with E-state index >= 15 is 0 Å². The van der Waals surface area contributed by atoms with E-state index in [1.54, 1.807) is 0 Å². The largest absolute Gasteiger partial charge is 0.352 e. The highest BCUT2D eigenvalue weighted by Gasteiger charge is 2.30. The minimum Gasteiger partial charge on any atom is -0.352 e. The van der Waals surface area contributed by atoms with Gasteiger partial charge < -0.3 is 10.2 Å². The Hall–Kier alpha value is -0.610. The van der Waals surface area contributed by atoms with E-state index in [4.69, 9.17) is 0 Å². The Labute approximate surface area is 91.6 Å². The number of likely N-dealkylation sites (tertiary alicyclic amines) is 1. The molecule has 0 aromatic rings. The van der Waals surface area contributed by atoms with E-state index in [1.807, 2.05) is 20.9 Å². The Bertz CT molecular complexity index is 211. The molecule has 0 spiro atoms. The molecular weight excluding hydrogens is 192 g/mol. The molecule has 1 heterocycles. The first kappa shape index (κ1) is 12.5. The molecule has 1 unspecified atom stereocenters. The lowest BCUT2D eigenvalue weighted by molar-refractivity contribution is -0.138. The van der Waals surface area contributed by atoms with Crippen molar-refractivity contribution in [3.63, 3.8) is 0 Å². The number of hydrogen-bond donors (Lipinski definition) is 1. The lowest BCUT2D eigenvalue weighted by Gasteiger charge is -2.30. The van der Waals surface area contributed by atoms with Crippen LogP contribution >= 0.6 is 0 Å². The van der Waals surface area contributed by atoms with Crippen molar-refractivity contribution >= 4 is 5.91 Å². The molecule has 1 amide bonds. The third-order valence-electron chi connectivity index (χ3n) is 2.88. The molecule has 4 heteroatoms. The summed E-state index contributed by atoms with van der Waals surface area (Å²) in [6, 6.07) is 0.0558. The Morgan fingerprint density at radius 1 is 1.33 bits per heavy atom. The second-order valence-electron chi connectivity index (χ2n) is 4.72. The van der Waals surface area contributed by atoms with Crippen molar-refractivity contribution in [3.05, 3.63) is 0 Å². The van der Waals surface area contributed by atoms with Crippen molar-refractivity contribution in [2.75, 3.05) is 20.1 Å². The monoisotopic (exact) mass is 213 g/mol. The normalized spacial score (nSPS) is 21.7. The van der Waals surface area contributed by atoms with Gasteiger partial charge in [0.25, 0.3) is 5.91 Å². The van der Waals surface area contributed by atoms with Crippen LogP contribution in [0.4, 0.5) is 0 Å². The van der Waals surface area contributed by atoms with Crippen molar-refractivity contribution in [2.24, 2.45) is 5.92 Å². The molecule has 87 valence electrons. The molecule has 0 bridgehead atoms. The van der Waals surface area contributed by atoms with Crippen molar-refractivity contribution in [1.29, 1.82) is 0 Å². The molecule has 1 fully saturated rings. The molecular formula is C11H21N2O2. The second-order valence-corrected chi connectivity index (χ2v) is 4.72. The van der Waals surface area contributed by atoms with Crippen LogP contribution in [0, 0.1) is 5.92 Å². The first-order valence-corrected chi connectivity index (χ1v) is 5.65. The maximum absolute atomic E-state index is 11.8. The van der Waals surface area contributed by atoms with Crippen LogP contribution in [-0.2, 0) is 9.90 Å². The van der Waals surface area contributed by atoms with Gasteiger partial charge in [-0.25, -0.2) is 5.11 Å². The second kappa shape index (κ2) is 5.47. The first-order valence-electron chi connectivity index (χ1n) is 5.65. The Balaban J connectivity index is 2.39. The number of rotatable bonds is 3. The zero-order valence-electron chi connectivity index (χ0n) is 9.82. The fraction of sp³-hybridized carbons (Fsp3) is 0.909. The van der Waals surface area contributed by atoms with Crippen LogP contribution in [-0.4, -0.2) is 43.1 Å². The van der Waals surface area contributed by atoms with Gasteiger partial charge in [0, 0.05) is 6.04 Å². The lowest BCUT2D eigenvalue weighted by Crippen LogP contribution is -2.45. The van der Waals surface area contributed by atoms with E-state index in [0.717, 1.165) is 25.9 Å². The SMILES string of the molecule is CC(C)NC(=O)C([O])C1CCN(C)CC1. The third-order valence-corrected chi connectivity index (χ3v) is 2.88. The number of hydrogen-bond acceptors (Lipinski definition) is 2. The molecule has 1 rings (SSSR count). The smallest absolute Gasteiger partial charge is 0.252 e. The van der Waals surface area contributed by atoms with Crippen LogP contribution in [0.25, 0.3) is 0 Å². The predicted molar refractivity (Wildman–Crippen MR) is 58.0 cm³/mol. The quantitative estimate of drug-likeness (QED) is 0.748. The molecule has 4 nitrogen and oxygen atoms in total. The van der Waals surface area contributed by atoms with Crippen molar-refractivity contribution < 1.29 is 9.90 Å². The van der Waals surface area contributed by atoms with Gasteiger partial charge in [-0.2, -0.15) is 0 Å². The highest BCUT2D eigenvalue weighted by Crippen LogP contribution is 2.20. The summed E-state index contributed by atoms with van der Waals surface area (Å²) in [7, 11) is 2.05. The number of nitrogens with zero attached hydrogens (tertiary/aromatic N) is 1. The van der Waals surface area contributed by atoms with Gasteiger partial charge in [-0.3, -0.25) is 4.79 Å². The first-order chi connectivity index (χ1) is 7.00. The van der Waals surface area contributed by atoms with Crippen LogP contribution in [0.15, 0.2) is 0 Å². The summed E-state index contributed by atoms with van der Waals surface area (Å²) in [5.74, 6) is -0.320. The minimum absolute atomic E-state index is 0.0138. The summed E-state index contributed by atoms with van der Waals surface area (Å²) in [5, 5.41) is 14.5. The van der Waals surface area contributed by atoms with Crippen LogP contribution in [0.3, 0.4) is 0 Å². The fourth-order valence-corrected chi connectivity index (χ4v) is 1.91. The highest BCUT2D eigenvalue weighted by molar-refractivity contribution is 5.80. The molecule has 0 aromatic heterocycles. The standard InChI is InChI=1S/C11H21N2O2/c1-8(2)12-11(15)10(14)9-4-6-13(3)7-5-9/h8-10H,4-7H2,1-3H3,(H,12,15). The van der Waals surface area contributed by atoms with E-state index in [1.165, 1.54) is 0 Å². The Morgan fingerprint density at radius 2 is 1.87 bits per heavy atom. The van der Waals surface area contributed by atoms with Crippen LogP contribution in [0.2, 0.25) is 0 Å². The maximum Gasteiger partial charge on any atom is 0.252 e. The minimum atomic E-state index is -1.08. The Kier molecular flexibility index (Phi) is 4.54. The zero-order valence-corrected chi connectivity index (χ0v) is 9.82. The molecule has 1 radical (unpaired) electrons. The van der Waals surface area contributed by atoms with Gasteiger partial charge in [0.2, 0.25) is 0 Å².